The molecule has 0 unspecified atom stereocenters. The zero-order valence-corrected chi connectivity index (χ0v) is 32.3. The quantitative estimate of drug-likeness (QED) is 0.175. The van der Waals surface area contributed by atoms with Crippen molar-refractivity contribution >= 4 is 10.8 Å². The average molecular weight is 767 g/mol. The minimum absolute atomic E-state index is 0.567. The Labute approximate surface area is 347 Å². The Morgan fingerprint density at radius 3 is 1.47 bits per heavy atom. The molecule has 12 rings (SSSR count). The molecule has 0 radical (unpaired) electrons. The van der Waals surface area contributed by atoms with Gasteiger partial charge in [-0.15, -0.1) is 0 Å². The molecule has 3 heterocycles. The molecule has 0 saturated carbocycles. The van der Waals surface area contributed by atoms with Gasteiger partial charge in [0.25, 0.3) is 0 Å². The number of benzene rings is 8. The molecule has 1 spiro atoms. The van der Waals surface area contributed by atoms with E-state index in [0.717, 1.165) is 67.0 Å². The summed E-state index contributed by atoms with van der Waals surface area (Å²) in [6.07, 6.45) is 3.83. The number of rotatable bonds is 5. The third-order valence-electron chi connectivity index (χ3n) is 12.1. The first-order chi connectivity index (χ1) is 29.7. The molecule has 280 valence electrons. The summed E-state index contributed by atoms with van der Waals surface area (Å²) in [7, 11) is 0. The van der Waals surface area contributed by atoms with E-state index in [-0.39, 0.29) is 0 Å². The van der Waals surface area contributed by atoms with E-state index < -0.39 is 5.41 Å². The van der Waals surface area contributed by atoms with Gasteiger partial charge in [0.05, 0.1) is 5.41 Å². The van der Waals surface area contributed by atoms with E-state index >= 15 is 0 Å². The van der Waals surface area contributed by atoms with Crippen molar-refractivity contribution in [2.75, 3.05) is 0 Å². The van der Waals surface area contributed by atoms with Crippen LogP contribution in [-0.4, -0.2) is 19.9 Å². The summed E-state index contributed by atoms with van der Waals surface area (Å²) in [5.74, 6) is 3.67. The predicted molar refractivity (Wildman–Crippen MR) is 240 cm³/mol. The Hall–Kier alpha value is -8.02. The average Bonchev–Trinajstić information content (AvgIpc) is 3.61. The minimum atomic E-state index is -0.567. The van der Waals surface area contributed by atoms with Crippen molar-refractivity contribution < 1.29 is 4.74 Å². The Bertz CT molecular complexity index is 3180. The molecule has 2 aliphatic rings. The van der Waals surface area contributed by atoms with Crippen molar-refractivity contribution in [1.29, 1.82) is 0 Å². The van der Waals surface area contributed by atoms with Crippen molar-refractivity contribution in [3.8, 4) is 79.0 Å². The van der Waals surface area contributed by atoms with Crippen molar-refractivity contribution in [2.45, 2.75) is 5.41 Å². The Kier molecular flexibility index (Phi) is 7.69. The van der Waals surface area contributed by atoms with Gasteiger partial charge in [-0.1, -0.05) is 164 Å². The van der Waals surface area contributed by atoms with E-state index in [2.05, 4.69) is 138 Å². The smallest absolute Gasteiger partial charge is 0.164 e. The van der Waals surface area contributed by atoms with Gasteiger partial charge in [-0.3, -0.25) is 4.98 Å². The number of para-hydroxylation sites is 2. The van der Waals surface area contributed by atoms with Crippen LogP contribution >= 0.6 is 0 Å². The molecule has 0 atom stereocenters. The van der Waals surface area contributed by atoms with Crippen LogP contribution in [0.2, 0.25) is 0 Å². The summed E-state index contributed by atoms with van der Waals surface area (Å²) >= 11 is 0. The fraction of sp³-hybridized carbons (Fsp3) is 0.0182. The van der Waals surface area contributed by atoms with Crippen LogP contribution in [0.3, 0.4) is 0 Å². The normalized spacial score (nSPS) is 12.9. The van der Waals surface area contributed by atoms with Crippen LogP contribution in [0.4, 0.5) is 0 Å². The second-order valence-corrected chi connectivity index (χ2v) is 15.4. The zero-order valence-electron chi connectivity index (χ0n) is 32.3. The molecule has 1 aliphatic carbocycles. The zero-order chi connectivity index (χ0) is 39.6. The fourth-order valence-corrected chi connectivity index (χ4v) is 9.37. The Morgan fingerprint density at radius 1 is 0.350 bits per heavy atom. The standard InChI is InChI=1S/C55H34N4O/c1-3-12-37(13-4-1)52-57-53(38-14-5-2-6-15-38)59-54(58-52)39-24-22-35(23-25-39)40-26-28-46-43(32-40)44-33-41(42-17-11-16-36-30-31-56-34-45(36)42)27-29-47(44)55(46)48-18-7-9-20-50(48)60-51-21-10-8-19-49(51)55/h1-34H. The van der Waals surface area contributed by atoms with E-state index in [4.69, 9.17) is 19.7 Å². The molecule has 2 aromatic heterocycles. The third kappa shape index (κ3) is 5.26. The van der Waals surface area contributed by atoms with E-state index in [0.29, 0.717) is 17.5 Å². The number of ether oxygens (including phenoxy) is 1. The van der Waals surface area contributed by atoms with Crippen molar-refractivity contribution in [3.05, 3.63) is 229 Å². The summed E-state index contributed by atoms with van der Waals surface area (Å²) in [6.45, 7) is 0. The maximum atomic E-state index is 6.62. The van der Waals surface area contributed by atoms with Gasteiger partial charge in [0.15, 0.2) is 17.5 Å². The second-order valence-electron chi connectivity index (χ2n) is 15.4. The van der Waals surface area contributed by atoms with Crippen molar-refractivity contribution in [2.24, 2.45) is 0 Å². The minimum Gasteiger partial charge on any atom is -0.457 e. The molecule has 0 fully saturated rings. The lowest BCUT2D eigenvalue weighted by atomic mass is 9.66. The van der Waals surface area contributed by atoms with Gasteiger partial charge in [0.2, 0.25) is 0 Å². The molecule has 1 aliphatic heterocycles. The first-order valence-corrected chi connectivity index (χ1v) is 20.2. The molecule has 0 saturated heterocycles. The molecular formula is C55H34N4O. The lowest BCUT2D eigenvalue weighted by molar-refractivity contribution is 0.436. The van der Waals surface area contributed by atoms with E-state index in [1.807, 2.05) is 73.1 Å². The summed E-state index contributed by atoms with van der Waals surface area (Å²) in [5.41, 5.74) is 14.0. The highest BCUT2D eigenvalue weighted by atomic mass is 16.5. The van der Waals surface area contributed by atoms with Crippen LogP contribution in [-0.2, 0) is 5.41 Å². The topological polar surface area (TPSA) is 60.8 Å². The molecule has 5 nitrogen and oxygen atoms in total. The Morgan fingerprint density at radius 2 is 0.850 bits per heavy atom. The number of aromatic nitrogens is 4. The molecule has 10 aromatic rings. The van der Waals surface area contributed by atoms with Crippen LogP contribution in [0.15, 0.2) is 207 Å². The van der Waals surface area contributed by atoms with Gasteiger partial charge >= 0.3 is 0 Å². The largest absolute Gasteiger partial charge is 0.457 e. The van der Waals surface area contributed by atoms with Gasteiger partial charge in [0.1, 0.15) is 11.5 Å². The molecule has 0 amide bonds. The lowest BCUT2D eigenvalue weighted by Crippen LogP contribution is -2.32. The highest BCUT2D eigenvalue weighted by molar-refractivity contribution is 5.99. The summed E-state index contributed by atoms with van der Waals surface area (Å²) in [5, 5.41) is 2.30. The van der Waals surface area contributed by atoms with Crippen LogP contribution in [0.25, 0.3) is 78.3 Å². The van der Waals surface area contributed by atoms with Gasteiger partial charge in [-0.2, -0.15) is 0 Å². The molecular weight excluding hydrogens is 733 g/mol. The van der Waals surface area contributed by atoms with Crippen molar-refractivity contribution in [1.82, 2.24) is 19.9 Å². The van der Waals surface area contributed by atoms with E-state index in [1.54, 1.807) is 0 Å². The highest BCUT2D eigenvalue weighted by Gasteiger charge is 2.51. The number of hydrogen-bond acceptors (Lipinski definition) is 5. The van der Waals surface area contributed by atoms with Gasteiger partial charge in [-0.25, -0.2) is 15.0 Å². The van der Waals surface area contributed by atoms with E-state index in [1.165, 1.54) is 27.6 Å². The van der Waals surface area contributed by atoms with Crippen LogP contribution in [0.1, 0.15) is 22.3 Å². The van der Waals surface area contributed by atoms with Gasteiger partial charge in [0, 0.05) is 45.6 Å². The summed E-state index contributed by atoms with van der Waals surface area (Å²) in [4.78, 5) is 19.3. The highest BCUT2D eigenvalue weighted by Crippen LogP contribution is 2.62. The molecule has 8 aromatic carbocycles. The monoisotopic (exact) mass is 766 g/mol. The number of hydrogen-bond donors (Lipinski definition) is 0. The molecule has 0 N–H and O–H groups in total. The first-order valence-electron chi connectivity index (χ1n) is 20.2. The van der Waals surface area contributed by atoms with Gasteiger partial charge < -0.3 is 4.74 Å². The summed E-state index contributed by atoms with van der Waals surface area (Å²) < 4.78 is 6.62. The van der Waals surface area contributed by atoms with Gasteiger partial charge in [-0.05, 0) is 80.2 Å². The Balaban J connectivity index is 1.02. The first kappa shape index (κ1) is 34.1. The fourth-order valence-electron chi connectivity index (χ4n) is 9.37. The SMILES string of the molecule is c1ccc(-c2nc(-c3ccccc3)nc(-c3ccc(-c4ccc5c(c4)-c4cc(-c6cccc7ccncc67)ccc4C54c5ccccc5Oc5ccccc54)cc3)n2)cc1. The van der Waals surface area contributed by atoms with Crippen LogP contribution in [0.5, 0.6) is 11.5 Å². The number of pyridine rings is 1. The lowest BCUT2D eigenvalue weighted by Gasteiger charge is -2.39. The molecule has 5 heteroatoms. The second kappa shape index (κ2) is 13.5. The molecule has 0 bridgehead atoms. The number of nitrogens with zero attached hydrogens (tertiary/aromatic N) is 4. The molecule has 60 heavy (non-hydrogen) atoms. The van der Waals surface area contributed by atoms with Crippen LogP contribution in [0, 0.1) is 0 Å². The third-order valence-corrected chi connectivity index (χ3v) is 12.1. The van der Waals surface area contributed by atoms with Crippen LogP contribution < -0.4 is 4.74 Å². The van der Waals surface area contributed by atoms with E-state index in [9.17, 15) is 0 Å². The van der Waals surface area contributed by atoms with Crippen molar-refractivity contribution in [3.63, 3.8) is 0 Å². The summed E-state index contributed by atoms with van der Waals surface area (Å²) in [6, 6.07) is 68.3. The maximum Gasteiger partial charge on any atom is 0.164 e. The maximum absolute atomic E-state index is 6.62. The number of fused-ring (bicyclic) bond motifs is 10. The predicted octanol–water partition coefficient (Wildman–Crippen LogP) is 13.2.